The number of nitrogens with zero attached hydrogens (tertiary/aromatic N) is 1. The van der Waals surface area contributed by atoms with E-state index in [1.807, 2.05) is 72.8 Å². The van der Waals surface area contributed by atoms with Crippen molar-refractivity contribution in [1.29, 1.82) is 0 Å². The number of β-lactam (4-membered cyclic amide) rings is 1. The summed E-state index contributed by atoms with van der Waals surface area (Å²) in [6.45, 7) is 5.23. The Kier molecular flexibility index (Phi) is 10.5. The lowest BCUT2D eigenvalue weighted by atomic mass is 10.0. The van der Waals surface area contributed by atoms with Crippen molar-refractivity contribution in [3.05, 3.63) is 135 Å². The lowest BCUT2D eigenvalue weighted by Crippen LogP contribution is -2.70. The van der Waals surface area contributed by atoms with Gasteiger partial charge in [0, 0.05) is 27.8 Å². The number of halogens is 1. The number of amides is 2. The summed E-state index contributed by atoms with van der Waals surface area (Å²) in [7, 11) is 0. The summed E-state index contributed by atoms with van der Waals surface area (Å²) >= 11 is 10.3. The summed E-state index contributed by atoms with van der Waals surface area (Å²) in [6.07, 6.45) is 0.347. The van der Waals surface area contributed by atoms with E-state index in [9.17, 15) is 19.2 Å². The predicted octanol–water partition coefficient (Wildman–Crippen LogP) is 8.00. The molecule has 0 spiro atoms. The zero-order chi connectivity index (χ0) is 34.7. The van der Waals surface area contributed by atoms with E-state index in [4.69, 9.17) is 21.1 Å². The molecule has 1 fully saturated rings. The second-order valence-electron chi connectivity index (χ2n) is 12.3. The van der Waals surface area contributed by atoms with E-state index in [0.717, 1.165) is 25.6 Å². The SMILES string of the molecule is CC(C)(C)OC(=O)N[C@@H]1C(=O)N2C(C(=O)OC(c3ccccc3)c3ccccc3)=C(C=CSc3cc(=O)c4ccc(CCl)cc4s3)CS[C@H]12. The molecule has 3 heterocycles. The van der Waals surface area contributed by atoms with Crippen molar-refractivity contribution in [3.8, 4) is 0 Å². The van der Waals surface area contributed by atoms with Gasteiger partial charge in [0.15, 0.2) is 11.5 Å². The van der Waals surface area contributed by atoms with Gasteiger partial charge in [0.05, 0.1) is 4.21 Å². The molecule has 12 heteroatoms. The van der Waals surface area contributed by atoms with Gasteiger partial charge in [-0.3, -0.25) is 14.5 Å². The number of carbonyl (C=O) groups excluding carboxylic acids is 3. The Labute approximate surface area is 301 Å². The van der Waals surface area contributed by atoms with Gasteiger partial charge in [0.25, 0.3) is 5.91 Å². The third-order valence-electron chi connectivity index (χ3n) is 7.67. The number of ether oxygens (including phenoxy) is 2. The second kappa shape index (κ2) is 14.8. The largest absolute Gasteiger partial charge is 0.448 e. The third kappa shape index (κ3) is 7.91. The molecule has 0 radical (unpaired) electrons. The number of allylic oxidation sites excluding steroid dienone is 1. The van der Waals surface area contributed by atoms with Crippen LogP contribution in [0.3, 0.4) is 0 Å². The predicted molar refractivity (Wildman–Crippen MR) is 197 cm³/mol. The molecule has 0 saturated carbocycles. The van der Waals surface area contributed by atoms with Crippen LogP contribution >= 0.6 is 46.5 Å². The first-order valence-electron chi connectivity index (χ1n) is 15.5. The van der Waals surface area contributed by atoms with Crippen LogP contribution in [0.4, 0.5) is 4.79 Å². The van der Waals surface area contributed by atoms with Crippen LogP contribution in [0, 0.1) is 0 Å². The highest BCUT2D eigenvalue weighted by Crippen LogP contribution is 2.42. The number of esters is 1. The van der Waals surface area contributed by atoms with Gasteiger partial charge in [0.1, 0.15) is 22.7 Å². The molecule has 2 atom stereocenters. The minimum absolute atomic E-state index is 0.0899. The van der Waals surface area contributed by atoms with E-state index >= 15 is 0 Å². The van der Waals surface area contributed by atoms with Crippen LogP contribution in [-0.4, -0.2) is 45.6 Å². The topological polar surface area (TPSA) is 102 Å². The zero-order valence-electron chi connectivity index (χ0n) is 26.9. The van der Waals surface area contributed by atoms with Crippen molar-refractivity contribution in [2.24, 2.45) is 0 Å². The van der Waals surface area contributed by atoms with Crippen LogP contribution in [0.1, 0.15) is 43.6 Å². The van der Waals surface area contributed by atoms with Gasteiger partial charge in [-0.2, -0.15) is 0 Å². The fourth-order valence-electron chi connectivity index (χ4n) is 5.44. The number of benzene rings is 3. The molecule has 0 aliphatic carbocycles. The molecule has 8 nitrogen and oxygen atoms in total. The van der Waals surface area contributed by atoms with E-state index < -0.39 is 41.1 Å². The fourth-order valence-corrected chi connectivity index (χ4v) is 8.97. The standard InChI is InChI=1S/C37H33ClN2O6S3/c1-37(2,3)46-36(44)39-30-33(42)40-31(35(43)45-32(23-10-6-4-7-11-23)24-12-8-5-9-13-24)25(21-48-34(30)40)16-17-47-29-19-27(41)26-15-14-22(20-38)18-28(26)49-29/h4-19,30,32,34H,20-21H2,1-3H3,(H,39,44)/t30-,34-/m1/s1. The minimum Gasteiger partial charge on any atom is -0.448 e. The van der Waals surface area contributed by atoms with Crippen LogP contribution in [0.5, 0.6) is 0 Å². The molecular weight excluding hydrogens is 700 g/mol. The van der Waals surface area contributed by atoms with Crippen LogP contribution in [0.2, 0.25) is 0 Å². The number of nitrogens with one attached hydrogen (secondary N) is 1. The second-order valence-corrected chi connectivity index (χ2v) is 16.0. The monoisotopic (exact) mass is 732 g/mol. The quantitative estimate of drug-likeness (QED) is 0.0800. The molecule has 2 aliphatic heterocycles. The van der Waals surface area contributed by atoms with Crippen molar-refractivity contribution >= 4 is 74.5 Å². The average Bonchev–Trinajstić information content (AvgIpc) is 3.09. The normalized spacial score (nSPS) is 17.7. The van der Waals surface area contributed by atoms with Crippen molar-refractivity contribution in [2.45, 2.75) is 54.0 Å². The first-order valence-corrected chi connectivity index (χ1v) is 18.7. The Hall–Kier alpha value is -4.03. The van der Waals surface area contributed by atoms with Gasteiger partial charge in [-0.15, -0.1) is 34.7 Å². The number of rotatable bonds is 9. The molecule has 3 aromatic carbocycles. The Morgan fingerprint density at radius 3 is 2.33 bits per heavy atom. The average molecular weight is 733 g/mol. The van der Waals surface area contributed by atoms with Crippen molar-refractivity contribution in [1.82, 2.24) is 10.2 Å². The fraction of sp³-hybridized carbons (Fsp3) is 0.243. The third-order valence-corrected chi connectivity index (χ3v) is 11.3. The van der Waals surface area contributed by atoms with Crippen LogP contribution < -0.4 is 10.7 Å². The molecule has 1 N–H and O–H groups in total. The number of carbonyl (C=O) groups is 3. The number of thioether (sulfide) groups is 2. The smallest absolute Gasteiger partial charge is 0.408 e. The molecular formula is C37H33ClN2O6S3. The van der Waals surface area contributed by atoms with Crippen LogP contribution in [0.25, 0.3) is 10.1 Å². The lowest BCUT2D eigenvalue weighted by Gasteiger charge is -2.49. The minimum atomic E-state index is -0.866. The Morgan fingerprint density at radius 1 is 1.02 bits per heavy atom. The molecule has 0 bridgehead atoms. The maximum atomic E-state index is 14.2. The summed E-state index contributed by atoms with van der Waals surface area (Å²) < 4.78 is 13.2. The highest BCUT2D eigenvalue weighted by molar-refractivity contribution is 8.04. The van der Waals surface area contributed by atoms with E-state index in [1.165, 1.54) is 39.8 Å². The number of fused-ring (bicyclic) bond motifs is 2. The summed E-state index contributed by atoms with van der Waals surface area (Å²) in [4.78, 5) is 54.6. The number of hydrogen-bond donors (Lipinski definition) is 1. The van der Waals surface area contributed by atoms with Gasteiger partial charge in [-0.05, 0) is 66.7 Å². The van der Waals surface area contributed by atoms with E-state index in [-0.39, 0.29) is 11.1 Å². The molecule has 0 unspecified atom stereocenters. The molecule has 2 aliphatic rings. The maximum absolute atomic E-state index is 14.2. The summed E-state index contributed by atoms with van der Waals surface area (Å²) in [5.74, 6) is -0.386. The van der Waals surface area contributed by atoms with E-state index in [1.54, 1.807) is 44.4 Å². The summed E-state index contributed by atoms with van der Waals surface area (Å²) in [5, 5.41) is 4.58. The van der Waals surface area contributed by atoms with Crippen LogP contribution in [0.15, 0.2) is 117 Å². The molecule has 2 amide bonds. The Morgan fingerprint density at radius 2 is 1.69 bits per heavy atom. The van der Waals surface area contributed by atoms with Crippen molar-refractivity contribution in [3.63, 3.8) is 0 Å². The van der Waals surface area contributed by atoms with Gasteiger partial charge in [-0.1, -0.05) is 78.5 Å². The van der Waals surface area contributed by atoms with Gasteiger partial charge in [-0.25, -0.2) is 9.59 Å². The molecule has 1 aromatic heterocycles. The summed E-state index contributed by atoms with van der Waals surface area (Å²) in [5.41, 5.74) is 2.35. The lowest BCUT2D eigenvalue weighted by molar-refractivity contribution is -0.153. The van der Waals surface area contributed by atoms with Crippen molar-refractivity contribution < 1.29 is 23.9 Å². The molecule has 252 valence electrons. The number of alkyl halides is 1. The van der Waals surface area contributed by atoms with E-state index in [0.29, 0.717) is 22.6 Å². The Balaban J connectivity index is 1.32. The zero-order valence-corrected chi connectivity index (χ0v) is 30.1. The van der Waals surface area contributed by atoms with Gasteiger partial charge < -0.3 is 14.8 Å². The van der Waals surface area contributed by atoms with Gasteiger partial charge in [0.2, 0.25) is 0 Å². The molecule has 6 rings (SSSR count). The van der Waals surface area contributed by atoms with Crippen molar-refractivity contribution in [2.75, 3.05) is 5.75 Å². The highest BCUT2D eigenvalue weighted by Gasteiger charge is 2.54. The summed E-state index contributed by atoms with van der Waals surface area (Å²) in [6, 6.07) is 25.1. The van der Waals surface area contributed by atoms with Crippen LogP contribution in [-0.2, 0) is 24.9 Å². The maximum Gasteiger partial charge on any atom is 0.408 e. The number of hydrogen-bond acceptors (Lipinski definition) is 9. The number of alkyl carbamates (subject to hydrolysis) is 1. The molecule has 4 aromatic rings. The first kappa shape index (κ1) is 34.8. The highest BCUT2D eigenvalue weighted by atomic mass is 35.5. The molecule has 1 saturated heterocycles. The Bertz CT molecular complexity index is 1970. The van der Waals surface area contributed by atoms with E-state index in [2.05, 4.69) is 5.32 Å². The molecule has 49 heavy (non-hydrogen) atoms. The first-order chi connectivity index (χ1) is 23.5. The van der Waals surface area contributed by atoms with Gasteiger partial charge >= 0.3 is 12.1 Å².